The van der Waals surface area contributed by atoms with Crippen molar-refractivity contribution in [1.82, 2.24) is 0 Å². The number of carbonyl (C=O) groups excluding carboxylic acids is 1. The zero-order valence-electron chi connectivity index (χ0n) is 16.4. The minimum Gasteiger partial charge on any atom is -0.465 e. The lowest BCUT2D eigenvalue weighted by Crippen LogP contribution is -2.29. The summed E-state index contributed by atoms with van der Waals surface area (Å²) in [7, 11) is -5.05. The number of rotatable bonds is 7. The van der Waals surface area contributed by atoms with Gasteiger partial charge in [-0.3, -0.25) is 0 Å². The molecule has 0 amide bonds. The summed E-state index contributed by atoms with van der Waals surface area (Å²) in [5.74, 6) is -1.95. The van der Waals surface area contributed by atoms with Gasteiger partial charge in [0.25, 0.3) is 0 Å². The van der Waals surface area contributed by atoms with Crippen LogP contribution in [-0.4, -0.2) is 33.6 Å². The summed E-state index contributed by atoms with van der Waals surface area (Å²) in [5, 5.41) is 0. The lowest BCUT2D eigenvalue weighted by Gasteiger charge is -2.18. The molecule has 0 heterocycles. The van der Waals surface area contributed by atoms with Gasteiger partial charge in [0.2, 0.25) is 0 Å². The second kappa shape index (κ2) is 9.08. The molecule has 2 aromatic carbocycles. The predicted octanol–water partition coefficient (Wildman–Crippen LogP) is 4.51. The normalized spacial score (nSPS) is 12.0. The summed E-state index contributed by atoms with van der Waals surface area (Å²) in [6, 6.07) is 6.75. The molecule has 0 saturated heterocycles. The van der Waals surface area contributed by atoms with Gasteiger partial charge in [-0.2, -0.15) is 30.4 Å². The van der Waals surface area contributed by atoms with Crippen LogP contribution in [-0.2, 0) is 21.3 Å². The first-order valence-corrected chi connectivity index (χ1v) is 9.93. The first-order valence-electron chi connectivity index (χ1n) is 8.52. The van der Waals surface area contributed by atoms with Crippen LogP contribution in [0.1, 0.15) is 32.6 Å². The van der Waals surface area contributed by atoms with Gasteiger partial charge in [0.15, 0.2) is 5.75 Å². The van der Waals surface area contributed by atoms with Gasteiger partial charge in [0.05, 0.1) is 7.11 Å². The molecule has 0 bridgehead atoms. The van der Waals surface area contributed by atoms with E-state index < -0.39 is 39.5 Å². The van der Waals surface area contributed by atoms with Crippen LogP contribution in [0.3, 0.4) is 0 Å². The number of hydrogen-bond donors (Lipinski definition) is 0. The third-order valence-corrected chi connectivity index (χ3v) is 5.33. The summed E-state index contributed by atoms with van der Waals surface area (Å²) in [6.07, 6.45) is 0.151. The molecule has 0 spiro atoms. The smallest absolute Gasteiger partial charge is 0.465 e. The molecule has 0 aliphatic rings. The third-order valence-electron chi connectivity index (χ3n) is 4.37. The molecule has 31 heavy (non-hydrogen) atoms. The highest BCUT2D eigenvalue weighted by Crippen LogP contribution is 2.35. The van der Waals surface area contributed by atoms with E-state index in [1.165, 1.54) is 44.2 Å². The number of hydrogen-bond acceptors (Lipinski definition) is 6. The zero-order chi connectivity index (χ0) is 23.6. The van der Waals surface area contributed by atoms with Crippen molar-refractivity contribution >= 4 is 16.1 Å². The van der Waals surface area contributed by atoms with E-state index in [-0.39, 0.29) is 17.7 Å². The zero-order valence-corrected chi connectivity index (χ0v) is 17.2. The van der Waals surface area contributed by atoms with E-state index >= 15 is 0 Å². The van der Waals surface area contributed by atoms with Crippen molar-refractivity contribution < 1.29 is 48.8 Å². The SMILES string of the molecule is COC(=O)c1cc(Cc2ccc(OC(F)F)cc2)c(C)c(C)c1OS(=O)(=O)C(F)(F)F. The molecule has 0 aliphatic carbocycles. The van der Waals surface area contributed by atoms with Gasteiger partial charge in [-0.15, -0.1) is 0 Å². The van der Waals surface area contributed by atoms with Crippen LogP contribution in [0.25, 0.3) is 0 Å². The van der Waals surface area contributed by atoms with Gasteiger partial charge < -0.3 is 13.7 Å². The van der Waals surface area contributed by atoms with Crippen LogP contribution in [0.4, 0.5) is 22.0 Å². The molecule has 6 nitrogen and oxygen atoms in total. The number of esters is 1. The van der Waals surface area contributed by atoms with Gasteiger partial charge in [-0.25, -0.2) is 4.79 Å². The van der Waals surface area contributed by atoms with Gasteiger partial charge in [0.1, 0.15) is 11.3 Å². The Bertz CT molecular complexity index is 1060. The van der Waals surface area contributed by atoms with Crippen molar-refractivity contribution in [3.63, 3.8) is 0 Å². The largest absolute Gasteiger partial charge is 0.534 e. The van der Waals surface area contributed by atoms with Gasteiger partial charge in [0, 0.05) is 0 Å². The Morgan fingerprint density at radius 1 is 1.06 bits per heavy atom. The predicted molar refractivity (Wildman–Crippen MR) is 98.7 cm³/mol. The maximum absolute atomic E-state index is 12.8. The number of benzene rings is 2. The number of ether oxygens (including phenoxy) is 2. The molecule has 0 saturated carbocycles. The van der Waals surface area contributed by atoms with E-state index in [0.717, 1.165) is 7.11 Å². The maximum atomic E-state index is 12.8. The molecule has 170 valence electrons. The van der Waals surface area contributed by atoms with Crippen LogP contribution in [0.2, 0.25) is 0 Å². The van der Waals surface area contributed by atoms with Gasteiger partial charge >= 0.3 is 28.2 Å². The molecule has 0 radical (unpaired) electrons. The summed E-state index contributed by atoms with van der Waals surface area (Å²) < 4.78 is 98.8. The molecule has 12 heteroatoms. The van der Waals surface area contributed by atoms with Gasteiger partial charge in [-0.05, 0) is 60.7 Å². The van der Waals surface area contributed by atoms with E-state index in [1.54, 1.807) is 0 Å². The lowest BCUT2D eigenvalue weighted by molar-refractivity contribution is -0.0505. The fraction of sp³-hybridized carbons (Fsp3) is 0.316. The summed E-state index contributed by atoms with van der Waals surface area (Å²) >= 11 is 0. The second-order valence-corrected chi connectivity index (χ2v) is 7.87. The lowest BCUT2D eigenvalue weighted by atomic mass is 9.93. The monoisotopic (exact) mass is 468 g/mol. The van der Waals surface area contributed by atoms with E-state index in [9.17, 15) is 35.2 Å². The Kier molecular flexibility index (Phi) is 7.14. The number of methoxy groups -OCH3 is 1. The first kappa shape index (κ1) is 24.4. The number of alkyl halides is 5. The van der Waals surface area contributed by atoms with Crippen molar-refractivity contribution in [3.05, 3.63) is 58.1 Å². The van der Waals surface area contributed by atoms with Crippen LogP contribution < -0.4 is 8.92 Å². The van der Waals surface area contributed by atoms with Crippen LogP contribution in [0.5, 0.6) is 11.5 Å². The average Bonchev–Trinajstić information content (AvgIpc) is 2.67. The average molecular weight is 468 g/mol. The van der Waals surface area contributed by atoms with E-state index in [1.807, 2.05) is 0 Å². The van der Waals surface area contributed by atoms with Crippen molar-refractivity contribution in [3.8, 4) is 11.5 Å². The van der Waals surface area contributed by atoms with E-state index in [4.69, 9.17) is 0 Å². The topological polar surface area (TPSA) is 78.9 Å². The molecular weight excluding hydrogens is 451 g/mol. The fourth-order valence-electron chi connectivity index (χ4n) is 2.68. The standard InChI is InChI=1S/C19H17F5O6S/c1-10-11(2)16(30-31(26,27)19(22,23)24)15(17(25)28-3)9-13(10)8-12-4-6-14(7-5-12)29-18(20)21/h4-7,9,18H,8H2,1-3H3. The van der Waals surface area contributed by atoms with E-state index in [2.05, 4.69) is 13.7 Å². The van der Waals surface area contributed by atoms with Crippen LogP contribution >= 0.6 is 0 Å². The number of halogens is 5. The Morgan fingerprint density at radius 3 is 2.13 bits per heavy atom. The van der Waals surface area contributed by atoms with Crippen LogP contribution in [0, 0.1) is 13.8 Å². The van der Waals surface area contributed by atoms with E-state index in [0.29, 0.717) is 16.7 Å². The Hall–Kier alpha value is -2.89. The Labute approximate surface area is 174 Å². The molecule has 2 rings (SSSR count). The van der Waals surface area contributed by atoms with Crippen molar-refractivity contribution in [2.45, 2.75) is 32.4 Å². The van der Waals surface area contributed by atoms with Crippen molar-refractivity contribution in [2.24, 2.45) is 0 Å². The molecule has 2 aromatic rings. The quantitative estimate of drug-likeness (QED) is 0.258. The van der Waals surface area contributed by atoms with Crippen molar-refractivity contribution in [1.29, 1.82) is 0 Å². The third kappa shape index (κ3) is 5.63. The molecule has 0 aromatic heterocycles. The summed E-state index contributed by atoms with van der Waals surface area (Å²) in [4.78, 5) is 12.1. The maximum Gasteiger partial charge on any atom is 0.534 e. The highest BCUT2D eigenvalue weighted by atomic mass is 32.2. The molecular formula is C19H17F5O6S. The summed E-state index contributed by atoms with van der Waals surface area (Å²) in [6.45, 7) is -0.182. The Morgan fingerprint density at radius 2 is 1.65 bits per heavy atom. The number of carbonyl (C=O) groups is 1. The highest BCUT2D eigenvalue weighted by Gasteiger charge is 2.49. The van der Waals surface area contributed by atoms with Crippen molar-refractivity contribution in [2.75, 3.05) is 7.11 Å². The Balaban J connectivity index is 2.49. The molecule has 0 unspecified atom stereocenters. The molecule has 0 N–H and O–H groups in total. The highest BCUT2D eigenvalue weighted by molar-refractivity contribution is 7.88. The van der Waals surface area contributed by atoms with Gasteiger partial charge in [-0.1, -0.05) is 12.1 Å². The fourth-order valence-corrected chi connectivity index (χ4v) is 3.21. The molecule has 0 atom stereocenters. The first-order chi connectivity index (χ1) is 14.3. The second-order valence-electron chi connectivity index (χ2n) is 6.34. The summed E-state index contributed by atoms with van der Waals surface area (Å²) in [5.41, 5.74) is -4.78. The van der Waals surface area contributed by atoms with Crippen LogP contribution in [0.15, 0.2) is 30.3 Å². The molecule has 0 aliphatic heterocycles. The minimum absolute atomic E-state index is 0.0108. The molecule has 0 fully saturated rings. The minimum atomic E-state index is -6.02.